The number of aromatic nitrogens is 1. The van der Waals surface area contributed by atoms with Crippen LogP contribution in [0.15, 0.2) is 212 Å². The highest BCUT2D eigenvalue weighted by molar-refractivity contribution is 6.10. The molecule has 2 heterocycles. The molecule has 290 valence electrons. The van der Waals surface area contributed by atoms with E-state index in [0.717, 1.165) is 12.8 Å². The summed E-state index contributed by atoms with van der Waals surface area (Å²) in [6.07, 6.45) is 18.2. The first kappa shape index (κ1) is 36.2. The summed E-state index contributed by atoms with van der Waals surface area (Å²) in [5.41, 5.74) is 15.9. The van der Waals surface area contributed by atoms with Gasteiger partial charge in [-0.25, -0.2) is 0 Å². The summed E-state index contributed by atoms with van der Waals surface area (Å²) in [5, 5.41) is 6.76. The first-order valence-corrected chi connectivity index (χ1v) is 21.4. The number of rotatable bonds is 9. The van der Waals surface area contributed by atoms with Crippen LogP contribution in [0.5, 0.6) is 0 Å². The van der Waals surface area contributed by atoms with Crippen molar-refractivity contribution in [3.8, 4) is 16.8 Å². The van der Waals surface area contributed by atoms with Gasteiger partial charge in [0, 0.05) is 28.9 Å². The maximum atomic E-state index is 4.24. The van der Waals surface area contributed by atoms with E-state index in [1.165, 1.54) is 83.4 Å². The average molecular weight is 774 g/mol. The van der Waals surface area contributed by atoms with Crippen molar-refractivity contribution >= 4 is 38.8 Å². The van der Waals surface area contributed by atoms with Crippen LogP contribution in [0.2, 0.25) is 0 Å². The van der Waals surface area contributed by atoms with Crippen molar-refractivity contribution in [1.29, 1.82) is 0 Å². The molecule has 0 amide bonds. The number of para-hydroxylation sites is 3. The molecule has 3 nitrogen and oxygen atoms in total. The minimum absolute atomic E-state index is 0.118. The zero-order valence-electron chi connectivity index (χ0n) is 33.9. The second-order valence-corrected chi connectivity index (χ2v) is 16.5. The van der Waals surface area contributed by atoms with Crippen LogP contribution in [-0.2, 0) is 12.1 Å². The summed E-state index contributed by atoms with van der Waals surface area (Å²) >= 11 is 0. The van der Waals surface area contributed by atoms with Crippen molar-refractivity contribution in [2.45, 2.75) is 43.8 Å². The molecular formula is C57H47N3. The smallest absolute Gasteiger partial charge is 0.0748 e. The molecule has 0 radical (unpaired) electrons. The van der Waals surface area contributed by atoms with E-state index in [0.29, 0.717) is 6.54 Å². The number of benzene rings is 7. The molecule has 0 saturated heterocycles. The summed E-state index contributed by atoms with van der Waals surface area (Å²) < 4.78 is 2.57. The molecule has 11 rings (SSSR count). The molecular weight excluding hydrogens is 727 g/mol. The topological polar surface area (TPSA) is 20.2 Å². The molecule has 8 aromatic rings. The average Bonchev–Trinajstić information content (AvgIpc) is 3.85. The van der Waals surface area contributed by atoms with Gasteiger partial charge in [0.05, 0.1) is 34.0 Å². The predicted octanol–water partition coefficient (Wildman–Crippen LogP) is 14.0. The summed E-state index contributed by atoms with van der Waals surface area (Å²) in [6, 6.07) is 62.8. The van der Waals surface area contributed by atoms with Gasteiger partial charge in [-0.15, -0.1) is 0 Å². The Morgan fingerprint density at radius 1 is 0.600 bits per heavy atom. The van der Waals surface area contributed by atoms with Gasteiger partial charge >= 0.3 is 0 Å². The van der Waals surface area contributed by atoms with Gasteiger partial charge in [0.25, 0.3) is 0 Å². The Morgan fingerprint density at radius 3 is 1.90 bits per heavy atom. The Labute approximate surface area is 353 Å². The molecule has 0 fully saturated rings. The summed E-state index contributed by atoms with van der Waals surface area (Å²) in [7, 11) is 0. The van der Waals surface area contributed by atoms with Crippen LogP contribution in [0.3, 0.4) is 0 Å². The highest BCUT2D eigenvalue weighted by atomic mass is 15.2. The molecule has 3 atom stereocenters. The molecule has 0 saturated carbocycles. The third-order valence-corrected chi connectivity index (χ3v) is 13.1. The van der Waals surface area contributed by atoms with Gasteiger partial charge in [0.1, 0.15) is 0 Å². The maximum Gasteiger partial charge on any atom is 0.0748 e. The number of allylic oxidation sites excluding steroid dienone is 6. The van der Waals surface area contributed by atoms with Crippen molar-refractivity contribution in [2.24, 2.45) is 0 Å². The van der Waals surface area contributed by atoms with Crippen LogP contribution in [-0.4, -0.2) is 10.6 Å². The lowest BCUT2D eigenvalue weighted by Crippen LogP contribution is -2.40. The highest BCUT2D eigenvalue weighted by Gasteiger charge is 2.43. The zero-order chi connectivity index (χ0) is 40.0. The molecule has 7 aromatic carbocycles. The second kappa shape index (κ2) is 15.0. The molecule has 1 aliphatic heterocycles. The lowest BCUT2D eigenvalue weighted by molar-refractivity contribution is 0.436. The lowest BCUT2D eigenvalue weighted by Gasteiger charge is -2.34. The number of anilines is 2. The molecule has 1 aromatic heterocycles. The van der Waals surface area contributed by atoms with Gasteiger partial charge in [-0.2, -0.15) is 0 Å². The SMILES string of the molecule is CC(NCc1cc(-c2ccccc2)c2c(c1-n1c3ccccc3c3ccccc31)N(c1ccccc1)C1C=CC=CC21)(c1ccccc1)c1ccc(C2=CC=CCC2)cc1. The number of hydrogen-bond donors (Lipinski definition) is 1. The summed E-state index contributed by atoms with van der Waals surface area (Å²) in [5.74, 6) is 0.164. The van der Waals surface area contributed by atoms with Gasteiger partial charge in [-0.1, -0.05) is 182 Å². The molecule has 3 heteroatoms. The van der Waals surface area contributed by atoms with Crippen molar-refractivity contribution in [1.82, 2.24) is 9.88 Å². The molecule has 0 spiro atoms. The Balaban J connectivity index is 1.18. The van der Waals surface area contributed by atoms with Crippen LogP contribution in [0, 0.1) is 0 Å². The molecule has 60 heavy (non-hydrogen) atoms. The minimum atomic E-state index is -0.497. The molecule has 0 bridgehead atoms. The Hall–Kier alpha value is -6.94. The van der Waals surface area contributed by atoms with Gasteiger partial charge < -0.3 is 9.47 Å². The number of nitrogens with zero attached hydrogens (tertiary/aromatic N) is 2. The second-order valence-electron chi connectivity index (χ2n) is 16.5. The van der Waals surface area contributed by atoms with E-state index in [4.69, 9.17) is 0 Å². The number of nitrogens with one attached hydrogen (secondary N) is 1. The fourth-order valence-electron chi connectivity index (χ4n) is 10.1. The van der Waals surface area contributed by atoms with E-state index < -0.39 is 5.54 Å². The van der Waals surface area contributed by atoms with Crippen molar-refractivity contribution in [3.05, 3.63) is 240 Å². The van der Waals surface area contributed by atoms with Crippen LogP contribution in [0.25, 0.3) is 44.2 Å². The molecule has 2 aliphatic carbocycles. The first-order valence-electron chi connectivity index (χ1n) is 21.4. The fourth-order valence-corrected chi connectivity index (χ4v) is 10.1. The van der Waals surface area contributed by atoms with Crippen molar-refractivity contribution in [2.75, 3.05) is 4.90 Å². The normalized spacial score (nSPS) is 17.8. The molecule has 3 aliphatic rings. The lowest BCUT2D eigenvalue weighted by atomic mass is 9.82. The van der Waals surface area contributed by atoms with Gasteiger partial charge in [0.2, 0.25) is 0 Å². The van der Waals surface area contributed by atoms with Crippen molar-refractivity contribution < 1.29 is 0 Å². The highest BCUT2D eigenvalue weighted by Crippen LogP contribution is 2.56. The van der Waals surface area contributed by atoms with Crippen molar-refractivity contribution in [3.63, 3.8) is 0 Å². The van der Waals surface area contributed by atoms with E-state index in [1.54, 1.807) is 0 Å². The first-order chi connectivity index (χ1) is 29.7. The quantitative estimate of drug-likeness (QED) is 0.158. The van der Waals surface area contributed by atoms with E-state index in [1.807, 2.05) is 0 Å². The zero-order valence-corrected chi connectivity index (χ0v) is 33.9. The standard InChI is InChI=1S/C57H47N3/c1-57(44-24-10-4-11-25-44,45-36-34-41(35-37-45)40-20-6-2-7-21-40)58-39-43-38-50(42-22-8-3-9-23-42)54-49-30-16-19-33-53(49)59(46-26-12-5-13-27-46)56(54)55(43)60-51-31-17-14-28-47(51)48-29-15-18-32-52(48)60/h2-6,8-20,22-38,49,53,58H,7,21,39H2,1H3. The van der Waals surface area contributed by atoms with Gasteiger partial charge in [-0.3, -0.25) is 5.32 Å². The third-order valence-electron chi connectivity index (χ3n) is 13.1. The predicted molar refractivity (Wildman–Crippen MR) is 252 cm³/mol. The number of hydrogen-bond acceptors (Lipinski definition) is 2. The van der Waals surface area contributed by atoms with E-state index in [2.05, 4.69) is 234 Å². The van der Waals surface area contributed by atoms with Crippen LogP contribution >= 0.6 is 0 Å². The monoisotopic (exact) mass is 773 g/mol. The number of fused-ring (bicyclic) bond motifs is 6. The van der Waals surface area contributed by atoms with Crippen LogP contribution < -0.4 is 10.2 Å². The van der Waals surface area contributed by atoms with E-state index in [9.17, 15) is 0 Å². The maximum absolute atomic E-state index is 4.24. The molecule has 3 unspecified atom stereocenters. The van der Waals surface area contributed by atoms with E-state index >= 15 is 0 Å². The Morgan fingerprint density at radius 2 is 1.22 bits per heavy atom. The van der Waals surface area contributed by atoms with E-state index in [-0.39, 0.29) is 12.0 Å². The summed E-state index contributed by atoms with van der Waals surface area (Å²) in [4.78, 5) is 2.62. The summed E-state index contributed by atoms with van der Waals surface area (Å²) in [6.45, 7) is 2.97. The minimum Gasteiger partial charge on any atom is -0.332 e. The van der Waals surface area contributed by atoms with Crippen LogP contribution in [0.4, 0.5) is 11.4 Å². The Kier molecular flexibility index (Phi) is 9.05. The largest absolute Gasteiger partial charge is 0.332 e. The van der Waals surface area contributed by atoms with Crippen LogP contribution in [0.1, 0.15) is 53.5 Å². The molecule has 1 N–H and O–H groups in total. The third kappa shape index (κ3) is 6.00. The van der Waals surface area contributed by atoms with Gasteiger partial charge in [0.15, 0.2) is 0 Å². The Bertz CT molecular complexity index is 2930. The van der Waals surface area contributed by atoms with Gasteiger partial charge in [-0.05, 0) is 94.6 Å². The fraction of sp³-hybridized carbons (Fsp3) is 0.123.